The van der Waals surface area contributed by atoms with Crippen LogP contribution in [0, 0.1) is 11.3 Å². The van der Waals surface area contributed by atoms with E-state index in [1.807, 2.05) is 6.07 Å². The van der Waals surface area contributed by atoms with Crippen molar-refractivity contribution in [2.75, 3.05) is 19.5 Å². The number of carbonyl (C=O) groups excluding carboxylic acids is 1. The average Bonchev–Trinajstić information content (AvgIpc) is 2.68. The van der Waals surface area contributed by atoms with Gasteiger partial charge in [-0.1, -0.05) is 35.3 Å². The van der Waals surface area contributed by atoms with Gasteiger partial charge in [0, 0.05) is 29.9 Å². The smallest absolute Gasteiger partial charge is 0.263 e. The third-order valence-electron chi connectivity index (χ3n) is 3.58. The van der Waals surface area contributed by atoms with Gasteiger partial charge in [0.25, 0.3) is 5.91 Å². The summed E-state index contributed by atoms with van der Waals surface area (Å²) in [5.74, 6) is 0.356. The Kier molecular flexibility index (Phi) is 7.35. The summed E-state index contributed by atoms with van der Waals surface area (Å²) in [5, 5.41) is 15.8. The number of nitrogens with zero attached hydrogens (tertiary/aromatic N) is 1. The highest BCUT2D eigenvalue weighted by molar-refractivity contribution is 6.32. The Labute approximate surface area is 167 Å². The lowest BCUT2D eigenvalue weighted by Gasteiger charge is -2.12. The molecule has 2 rings (SSSR count). The molecule has 0 bridgehead atoms. The van der Waals surface area contributed by atoms with E-state index >= 15 is 0 Å². The van der Waals surface area contributed by atoms with Crippen LogP contribution in [0.2, 0.25) is 10.0 Å². The fourth-order valence-corrected chi connectivity index (χ4v) is 2.51. The number of halogens is 2. The standard InChI is InChI=1S/C19H17Cl2N3O3/c1-26-17-8-16(18(27-2)7-15(17)21)23-11-13(9-22)19(25)24-10-12-3-5-14(20)6-4-12/h3-8,11,23H,10H2,1-2H3,(H,24,25)/b13-11-. The molecular formula is C19H17Cl2N3O3. The summed E-state index contributed by atoms with van der Waals surface area (Å²) in [6, 6.07) is 12.1. The van der Waals surface area contributed by atoms with Gasteiger partial charge in [-0.05, 0) is 17.7 Å². The molecule has 0 saturated carbocycles. The molecule has 0 aliphatic carbocycles. The van der Waals surface area contributed by atoms with Crippen LogP contribution < -0.4 is 20.1 Å². The highest BCUT2D eigenvalue weighted by atomic mass is 35.5. The van der Waals surface area contributed by atoms with Gasteiger partial charge >= 0.3 is 0 Å². The number of ether oxygens (including phenoxy) is 2. The molecule has 1 amide bonds. The summed E-state index contributed by atoms with van der Waals surface area (Å²) >= 11 is 11.9. The van der Waals surface area contributed by atoms with Crippen molar-refractivity contribution in [3.8, 4) is 17.6 Å². The SMILES string of the molecule is COc1cc(N/C=C(/C#N)C(=O)NCc2ccc(Cl)cc2)c(OC)cc1Cl. The van der Waals surface area contributed by atoms with Crippen LogP contribution in [-0.2, 0) is 11.3 Å². The minimum Gasteiger partial charge on any atom is -0.495 e. The normalized spacial score (nSPS) is 10.7. The van der Waals surface area contributed by atoms with Gasteiger partial charge in [-0.15, -0.1) is 0 Å². The van der Waals surface area contributed by atoms with E-state index in [4.69, 9.17) is 32.7 Å². The van der Waals surface area contributed by atoms with Crippen LogP contribution in [0.4, 0.5) is 5.69 Å². The van der Waals surface area contributed by atoms with Crippen molar-refractivity contribution in [3.63, 3.8) is 0 Å². The molecule has 0 spiro atoms. The van der Waals surface area contributed by atoms with Crippen molar-refractivity contribution in [1.29, 1.82) is 5.26 Å². The van der Waals surface area contributed by atoms with Gasteiger partial charge in [-0.3, -0.25) is 4.79 Å². The van der Waals surface area contributed by atoms with E-state index < -0.39 is 5.91 Å². The van der Waals surface area contributed by atoms with E-state index in [0.29, 0.717) is 27.2 Å². The highest BCUT2D eigenvalue weighted by Crippen LogP contribution is 2.35. The second-order valence-corrected chi connectivity index (χ2v) is 6.15. The first-order chi connectivity index (χ1) is 13.0. The lowest BCUT2D eigenvalue weighted by atomic mass is 10.2. The van der Waals surface area contributed by atoms with Crippen molar-refractivity contribution < 1.29 is 14.3 Å². The van der Waals surface area contributed by atoms with E-state index in [1.54, 1.807) is 36.4 Å². The topological polar surface area (TPSA) is 83.4 Å². The number of amides is 1. The molecule has 0 saturated heterocycles. The Balaban J connectivity index is 2.10. The summed E-state index contributed by atoms with van der Waals surface area (Å²) in [7, 11) is 2.97. The van der Waals surface area contributed by atoms with E-state index in [1.165, 1.54) is 20.4 Å². The summed E-state index contributed by atoms with van der Waals surface area (Å²) in [4.78, 5) is 12.2. The van der Waals surface area contributed by atoms with Crippen LogP contribution in [0.1, 0.15) is 5.56 Å². The lowest BCUT2D eigenvalue weighted by molar-refractivity contribution is -0.117. The maximum Gasteiger partial charge on any atom is 0.263 e. The minimum absolute atomic E-state index is 0.0973. The van der Waals surface area contributed by atoms with Gasteiger partial charge in [0.05, 0.1) is 24.9 Å². The summed E-state index contributed by atoms with van der Waals surface area (Å²) in [5.41, 5.74) is 1.26. The predicted molar refractivity (Wildman–Crippen MR) is 105 cm³/mol. The molecular weight excluding hydrogens is 389 g/mol. The Morgan fingerprint density at radius 1 is 1.15 bits per heavy atom. The first-order valence-electron chi connectivity index (χ1n) is 7.79. The van der Waals surface area contributed by atoms with E-state index in [0.717, 1.165) is 5.56 Å². The molecule has 0 atom stereocenters. The monoisotopic (exact) mass is 405 g/mol. The molecule has 0 aliphatic heterocycles. The second kappa shape index (κ2) is 9.72. The zero-order chi connectivity index (χ0) is 19.8. The maximum absolute atomic E-state index is 12.2. The first-order valence-corrected chi connectivity index (χ1v) is 8.55. The summed E-state index contributed by atoms with van der Waals surface area (Å²) < 4.78 is 10.4. The molecule has 0 radical (unpaired) electrons. The molecule has 2 aromatic carbocycles. The Hall–Kier alpha value is -2.88. The van der Waals surface area contributed by atoms with Gasteiger partial charge < -0.3 is 20.1 Å². The van der Waals surface area contributed by atoms with Crippen LogP contribution in [0.15, 0.2) is 48.2 Å². The van der Waals surface area contributed by atoms with E-state index in [9.17, 15) is 10.1 Å². The van der Waals surface area contributed by atoms with Gasteiger partial charge in [0.2, 0.25) is 0 Å². The van der Waals surface area contributed by atoms with E-state index in [-0.39, 0.29) is 12.1 Å². The van der Waals surface area contributed by atoms with Crippen molar-refractivity contribution in [1.82, 2.24) is 5.32 Å². The zero-order valence-corrected chi connectivity index (χ0v) is 16.2. The number of nitrogens with one attached hydrogen (secondary N) is 2. The molecule has 140 valence electrons. The summed E-state index contributed by atoms with van der Waals surface area (Å²) in [6.45, 7) is 0.271. The number of methoxy groups -OCH3 is 2. The molecule has 6 nitrogen and oxygen atoms in total. The number of rotatable bonds is 7. The molecule has 0 fully saturated rings. The number of carbonyl (C=O) groups is 1. The second-order valence-electron chi connectivity index (χ2n) is 5.31. The quantitative estimate of drug-likeness (QED) is 0.533. The predicted octanol–water partition coefficient (Wildman–Crippen LogP) is 4.15. The largest absolute Gasteiger partial charge is 0.495 e. The van der Waals surface area contributed by atoms with Gasteiger partial charge in [0.1, 0.15) is 23.1 Å². The molecule has 0 aromatic heterocycles. The molecule has 0 heterocycles. The molecule has 2 aromatic rings. The third-order valence-corrected chi connectivity index (χ3v) is 4.12. The Bertz CT molecular complexity index is 890. The van der Waals surface area contributed by atoms with Crippen LogP contribution in [-0.4, -0.2) is 20.1 Å². The fourth-order valence-electron chi connectivity index (χ4n) is 2.15. The van der Waals surface area contributed by atoms with Crippen molar-refractivity contribution >= 4 is 34.8 Å². The number of hydrogen-bond acceptors (Lipinski definition) is 5. The van der Waals surface area contributed by atoms with Crippen LogP contribution in [0.25, 0.3) is 0 Å². The van der Waals surface area contributed by atoms with Crippen molar-refractivity contribution in [2.45, 2.75) is 6.54 Å². The molecule has 0 aliphatic rings. The van der Waals surface area contributed by atoms with Crippen LogP contribution in [0.5, 0.6) is 11.5 Å². The lowest BCUT2D eigenvalue weighted by Crippen LogP contribution is -2.24. The van der Waals surface area contributed by atoms with Crippen molar-refractivity contribution in [2.24, 2.45) is 0 Å². The van der Waals surface area contributed by atoms with Crippen molar-refractivity contribution in [3.05, 3.63) is 63.8 Å². The molecule has 27 heavy (non-hydrogen) atoms. The fraction of sp³-hybridized carbons (Fsp3) is 0.158. The zero-order valence-electron chi connectivity index (χ0n) is 14.7. The van der Waals surface area contributed by atoms with Gasteiger partial charge in [0.15, 0.2) is 0 Å². The van der Waals surface area contributed by atoms with Gasteiger partial charge in [-0.2, -0.15) is 5.26 Å². The number of benzene rings is 2. The number of hydrogen-bond donors (Lipinski definition) is 2. The van der Waals surface area contributed by atoms with E-state index in [2.05, 4.69) is 10.6 Å². The minimum atomic E-state index is -0.514. The third kappa shape index (κ3) is 5.55. The van der Waals surface area contributed by atoms with Crippen LogP contribution >= 0.6 is 23.2 Å². The number of nitriles is 1. The molecule has 0 unspecified atom stereocenters. The molecule has 2 N–H and O–H groups in total. The number of anilines is 1. The van der Waals surface area contributed by atoms with Gasteiger partial charge in [-0.25, -0.2) is 0 Å². The average molecular weight is 406 g/mol. The maximum atomic E-state index is 12.2. The highest BCUT2D eigenvalue weighted by Gasteiger charge is 2.12. The Morgan fingerprint density at radius 3 is 2.41 bits per heavy atom. The summed E-state index contributed by atoms with van der Waals surface area (Å²) in [6.07, 6.45) is 1.29. The first kappa shape index (κ1) is 20.4. The Morgan fingerprint density at radius 2 is 1.81 bits per heavy atom. The van der Waals surface area contributed by atoms with Crippen LogP contribution in [0.3, 0.4) is 0 Å². The molecule has 8 heteroatoms.